The highest BCUT2D eigenvalue weighted by molar-refractivity contribution is 6.35. The molecule has 4 aromatic rings. The number of fused-ring (bicyclic) bond motifs is 2. The average Bonchev–Trinajstić information content (AvgIpc) is 3.51. The zero-order valence-electron chi connectivity index (χ0n) is 23.9. The second-order valence-electron chi connectivity index (χ2n) is 10.8. The van der Waals surface area contributed by atoms with Crippen LogP contribution in [0.3, 0.4) is 0 Å². The number of hydrogen-bond donors (Lipinski definition) is 3. The van der Waals surface area contributed by atoms with E-state index in [-0.39, 0.29) is 29.9 Å². The Hall–Kier alpha value is -4.74. The number of benzene rings is 3. The Morgan fingerprint density at radius 3 is 2.56 bits per heavy atom. The molecule has 0 bridgehead atoms. The number of imide groups is 2. The van der Waals surface area contributed by atoms with Crippen molar-refractivity contribution in [2.45, 2.75) is 38.3 Å². The number of rotatable bonds is 10. The Morgan fingerprint density at radius 2 is 1.76 bits per heavy atom. The van der Waals surface area contributed by atoms with Crippen molar-refractivity contribution in [1.82, 2.24) is 25.3 Å². The van der Waals surface area contributed by atoms with Crippen LogP contribution in [0.25, 0.3) is 10.9 Å². The number of nitrogens with one attached hydrogen (secondary N) is 3. The molecular formula is C32H28Cl2N6O5. The number of halogens is 2. The van der Waals surface area contributed by atoms with Gasteiger partial charge in [0.1, 0.15) is 6.04 Å². The first-order valence-corrected chi connectivity index (χ1v) is 15.2. The molecular weight excluding hydrogens is 619 g/mol. The molecule has 45 heavy (non-hydrogen) atoms. The molecule has 3 N–H and O–H groups in total. The number of amides is 5. The van der Waals surface area contributed by atoms with Crippen molar-refractivity contribution < 1.29 is 24.0 Å². The Morgan fingerprint density at radius 1 is 0.956 bits per heavy atom. The van der Waals surface area contributed by atoms with Crippen LogP contribution in [0.1, 0.15) is 62.5 Å². The number of para-hydroxylation sites is 1. The molecule has 6 rings (SSSR count). The molecule has 2 aliphatic rings. The minimum absolute atomic E-state index is 0.0574. The fourth-order valence-corrected chi connectivity index (χ4v) is 6.12. The molecule has 11 nitrogen and oxygen atoms in total. The molecule has 1 aromatic heterocycles. The summed E-state index contributed by atoms with van der Waals surface area (Å²) >= 11 is 12.4. The SMILES string of the molecule is O=C1CCC(N2C(=O)c3cccc(NCCCCNC(=O)c4nn(Cc5ccc(Cl)cc5Cl)c5ccccc45)c3C2=O)C(=O)N1. The highest BCUT2D eigenvalue weighted by Gasteiger charge is 2.45. The second-order valence-corrected chi connectivity index (χ2v) is 11.7. The molecule has 1 unspecified atom stereocenters. The minimum atomic E-state index is -1.02. The summed E-state index contributed by atoms with van der Waals surface area (Å²) in [5.41, 5.74) is 2.86. The number of nitrogens with zero attached hydrogens (tertiary/aromatic N) is 3. The first-order valence-electron chi connectivity index (χ1n) is 14.5. The normalized spacial score (nSPS) is 16.2. The van der Waals surface area contributed by atoms with Gasteiger partial charge in [-0.1, -0.05) is 53.5 Å². The lowest BCUT2D eigenvalue weighted by Gasteiger charge is -2.27. The summed E-state index contributed by atoms with van der Waals surface area (Å²) in [6.45, 7) is 1.25. The van der Waals surface area contributed by atoms with Crippen molar-refractivity contribution in [3.63, 3.8) is 0 Å². The first kappa shape index (κ1) is 30.3. The third kappa shape index (κ3) is 6.01. The molecule has 0 aliphatic carbocycles. The number of unbranched alkanes of at least 4 members (excludes halogenated alkanes) is 1. The van der Waals surface area contributed by atoms with Crippen LogP contribution in [0.5, 0.6) is 0 Å². The summed E-state index contributed by atoms with van der Waals surface area (Å²) in [5, 5.41) is 14.7. The van der Waals surface area contributed by atoms with Gasteiger partial charge in [-0.25, -0.2) is 0 Å². The molecule has 3 heterocycles. The molecule has 13 heteroatoms. The highest BCUT2D eigenvalue weighted by atomic mass is 35.5. The fraction of sp³-hybridized carbons (Fsp3) is 0.250. The first-order chi connectivity index (χ1) is 21.7. The fourth-order valence-electron chi connectivity index (χ4n) is 5.65. The lowest BCUT2D eigenvalue weighted by atomic mass is 10.0. The average molecular weight is 648 g/mol. The van der Waals surface area contributed by atoms with Gasteiger partial charge in [-0.05, 0) is 55.2 Å². The van der Waals surface area contributed by atoms with Gasteiger partial charge in [0.15, 0.2) is 5.69 Å². The van der Waals surface area contributed by atoms with Gasteiger partial charge in [0.2, 0.25) is 11.8 Å². The zero-order valence-corrected chi connectivity index (χ0v) is 25.5. The second kappa shape index (κ2) is 12.7. The third-order valence-electron chi connectivity index (χ3n) is 7.88. The topological polar surface area (TPSA) is 142 Å². The molecule has 1 saturated heterocycles. The lowest BCUT2D eigenvalue weighted by molar-refractivity contribution is -0.136. The Kier molecular flexibility index (Phi) is 8.55. The van der Waals surface area contributed by atoms with Gasteiger partial charge in [-0.15, -0.1) is 0 Å². The summed E-state index contributed by atoms with van der Waals surface area (Å²) in [6.07, 6.45) is 1.45. The van der Waals surface area contributed by atoms with Crippen molar-refractivity contribution in [1.29, 1.82) is 0 Å². The molecule has 5 amide bonds. The van der Waals surface area contributed by atoms with E-state index in [9.17, 15) is 24.0 Å². The van der Waals surface area contributed by atoms with E-state index in [0.29, 0.717) is 53.9 Å². The Bertz CT molecular complexity index is 1870. The van der Waals surface area contributed by atoms with Gasteiger partial charge in [0.25, 0.3) is 17.7 Å². The lowest BCUT2D eigenvalue weighted by Crippen LogP contribution is -2.54. The van der Waals surface area contributed by atoms with Gasteiger partial charge in [0, 0.05) is 40.6 Å². The van der Waals surface area contributed by atoms with Crippen molar-refractivity contribution in [2.24, 2.45) is 0 Å². The monoisotopic (exact) mass is 646 g/mol. The number of carbonyl (C=O) groups excluding carboxylic acids is 5. The van der Waals surface area contributed by atoms with Crippen LogP contribution in [0.4, 0.5) is 5.69 Å². The van der Waals surface area contributed by atoms with Gasteiger partial charge in [-0.3, -0.25) is 38.9 Å². The summed E-state index contributed by atoms with van der Waals surface area (Å²) in [4.78, 5) is 64.3. The van der Waals surface area contributed by atoms with Crippen LogP contribution in [0.15, 0.2) is 60.7 Å². The van der Waals surface area contributed by atoms with Crippen molar-refractivity contribution in [3.05, 3.63) is 93.1 Å². The van der Waals surface area contributed by atoms with E-state index in [4.69, 9.17) is 23.2 Å². The van der Waals surface area contributed by atoms with Crippen molar-refractivity contribution in [3.8, 4) is 0 Å². The maximum atomic E-state index is 13.3. The standard InChI is InChI=1S/C32H28Cl2N6O5/c33-19-11-10-18(22(34)16-19)17-39-24-9-2-1-6-20(24)28(38-39)30(43)36-15-4-3-14-35-23-8-5-7-21-27(23)32(45)40(31(21)44)25-12-13-26(41)37-29(25)42/h1-2,5-11,16,25,35H,3-4,12-15,17H2,(H,36,43)(H,37,41,42). The summed E-state index contributed by atoms with van der Waals surface area (Å²) < 4.78 is 1.74. The van der Waals surface area contributed by atoms with Crippen LogP contribution >= 0.6 is 23.2 Å². The van der Waals surface area contributed by atoms with Crippen LogP contribution < -0.4 is 16.0 Å². The number of hydrogen-bond acceptors (Lipinski definition) is 7. The predicted molar refractivity (Wildman–Crippen MR) is 168 cm³/mol. The Labute approximate surface area is 267 Å². The summed E-state index contributed by atoms with van der Waals surface area (Å²) in [7, 11) is 0. The van der Waals surface area contributed by atoms with Crippen LogP contribution in [0, 0.1) is 0 Å². The van der Waals surface area contributed by atoms with Crippen LogP contribution in [-0.4, -0.2) is 63.3 Å². The number of carbonyl (C=O) groups is 5. The minimum Gasteiger partial charge on any atom is -0.384 e. The largest absolute Gasteiger partial charge is 0.384 e. The van der Waals surface area contributed by atoms with E-state index in [1.165, 1.54) is 0 Å². The molecule has 0 saturated carbocycles. The van der Waals surface area contributed by atoms with Gasteiger partial charge in [0.05, 0.1) is 23.2 Å². The van der Waals surface area contributed by atoms with E-state index in [0.717, 1.165) is 21.4 Å². The molecule has 230 valence electrons. The maximum absolute atomic E-state index is 13.3. The number of aromatic nitrogens is 2. The molecule has 1 atom stereocenters. The van der Waals surface area contributed by atoms with Crippen LogP contribution in [0.2, 0.25) is 10.0 Å². The van der Waals surface area contributed by atoms with E-state index < -0.39 is 29.7 Å². The van der Waals surface area contributed by atoms with E-state index in [1.807, 2.05) is 30.3 Å². The smallest absolute Gasteiger partial charge is 0.272 e. The maximum Gasteiger partial charge on any atom is 0.272 e. The van der Waals surface area contributed by atoms with Gasteiger partial charge >= 0.3 is 0 Å². The van der Waals surface area contributed by atoms with Crippen molar-refractivity contribution >= 4 is 69.3 Å². The highest BCUT2D eigenvalue weighted by Crippen LogP contribution is 2.32. The molecule has 1 fully saturated rings. The number of piperidine rings is 1. The van der Waals surface area contributed by atoms with E-state index >= 15 is 0 Å². The molecule has 2 aliphatic heterocycles. The summed E-state index contributed by atoms with van der Waals surface area (Å²) in [6, 6.07) is 16.7. The zero-order chi connectivity index (χ0) is 31.7. The van der Waals surface area contributed by atoms with Gasteiger partial charge < -0.3 is 10.6 Å². The molecule has 0 radical (unpaired) electrons. The quantitative estimate of drug-likeness (QED) is 0.171. The van der Waals surface area contributed by atoms with Gasteiger partial charge in [-0.2, -0.15) is 5.10 Å². The molecule has 3 aromatic carbocycles. The third-order valence-corrected chi connectivity index (χ3v) is 8.47. The van der Waals surface area contributed by atoms with Crippen molar-refractivity contribution in [2.75, 3.05) is 18.4 Å². The Balaban J connectivity index is 1.04. The van der Waals surface area contributed by atoms with Crippen LogP contribution in [-0.2, 0) is 16.1 Å². The van der Waals surface area contributed by atoms with E-state index in [2.05, 4.69) is 21.0 Å². The number of anilines is 1. The summed E-state index contributed by atoms with van der Waals surface area (Å²) in [5.74, 6) is -2.48. The predicted octanol–water partition coefficient (Wildman–Crippen LogP) is 4.41. The van der Waals surface area contributed by atoms with E-state index in [1.54, 1.807) is 35.0 Å². The molecule has 0 spiro atoms.